The van der Waals surface area contributed by atoms with Gasteiger partial charge in [0.1, 0.15) is 11.5 Å². The number of aromatic nitrogens is 4. The van der Waals surface area contributed by atoms with Gasteiger partial charge in [-0.3, -0.25) is 4.98 Å². The summed E-state index contributed by atoms with van der Waals surface area (Å²) in [4.78, 5) is 15.1. The summed E-state index contributed by atoms with van der Waals surface area (Å²) >= 11 is 0. The van der Waals surface area contributed by atoms with Crippen LogP contribution in [0.5, 0.6) is 0 Å². The molecule has 2 rings (SSSR count). The number of H-pyrrole nitrogens is 1. The number of aromatic amines is 1. The molecule has 82 valence electrons. The van der Waals surface area contributed by atoms with Gasteiger partial charge < -0.3 is 4.74 Å². The Kier molecular flexibility index (Phi) is 2.59. The highest BCUT2D eigenvalue weighted by Gasteiger charge is 2.19. The first-order valence-electron chi connectivity index (χ1n) is 4.33. The summed E-state index contributed by atoms with van der Waals surface area (Å²) < 4.78 is 17.2. The maximum absolute atomic E-state index is 12.7. The Morgan fingerprint density at radius 3 is 2.88 bits per heavy atom. The summed E-state index contributed by atoms with van der Waals surface area (Å²) in [5.74, 6) is -1.10. The van der Waals surface area contributed by atoms with Gasteiger partial charge in [-0.25, -0.2) is 9.18 Å². The van der Waals surface area contributed by atoms with E-state index in [1.54, 1.807) is 0 Å². The van der Waals surface area contributed by atoms with Crippen molar-refractivity contribution in [3.63, 3.8) is 0 Å². The molecule has 0 radical (unpaired) electrons. The lowest BCUT2D eigenvalue weighted by molar-refractivity contribution is 0.0595. The zero-order valence-corrected chi connectivity index (χ0v) is 8.27. The van der Waals surface area contributed by atoms with Crippen molar-refractivity contribution in [2.24, 2.45) is 0 Å². The first-order chi connectivity index (χ1) is 7.72. The molecule has 0 unspecified atom stereocenters. The van der Waals surface area contributed by atoms with Crippen LogP contribution in [-0.4, -0.2) is 33.5 Å². The number of ether oxygens (including phenoxy) is 1. The number of esters is 1. The summed E-state index contributed by atoms with van der Waals surface area (Å²) in [5.41, 5.74) is 0.587. The zero-order valence-electron chi connectivity index (χ0n) is 8.27. The number of carbonyl (C=O) groups is 1. The van der Waals surface area contributed by atoms with Crippen molar-refractivity contribution in [3.8, 4) is 11.4 Å². The maximum atomic E-state index is 12.7. The van der Waals surface area contributed by atoms with Crippen LogP contribution in [0.15, 0.2) is 18.3 Å². The largest absolute Gasteiger partial charge is 0.464 e. The normalized spacial score (nSPS) is 10.1. The highest BCUT2D eigenvalue weighted by atomic mass is 19.1. The lowest BCUT2D eigenvalue weighted by Crippen LogP contribution is -2.04. The van der Waals surface area contributed by atoms with Crippen LogP contribution in [0.25, 0.3) is 11.4 Å². The molecule has 1 N–H and O–H groups in total. The van der Waals surface area contributed by atoms with Crippen LogP contribution in [0, 0.1) is 5.82 Å². The van der Waals surface area contributed by atoms with E-state index >= 15 is 0 Å². The van der Waals surface area contributed by atoms with Gasteiger partial charge in [-0.1, -0.05) is 0 Å². The van der Waals surface area contributed by atoms with Crippen LogP contribution in [0.1, 0.15) is 10.5 Å². The Morgan fingerprint density at radius 2 is 2.25 bits per heavy atom. The van der Waals surface area contributed by atoms with Crippen molar-refractivity contribution in [3.05, 3.63) is 29.8 Å². The predicted octanol–water partition coefficient (Wildman–Crippen LogP) is 0.792. The number of methoxy groups -OCH3 is 1. The second-order valence-corrected chi connectivity index (χ2v) is 2.87. The Hall–Kier alpha value is -2.31. The number of hydrogen-bond donors (Lipinski definition) is 1. The second-order valence-electron chi connectivity index (χ2n) is 2.87. The zero-order chi connectivity index (χ0) is 11.5. The lowest BCUT2D eigenvalue weighted by Gasteiger charge is -1.98. The van der Waals surface area contributed by atoms with E-state index in [0.29, 0.717) is 5.69 Å². The number of hydrogen-bond acceptors (Lipinski definition) is 5. The summed E-state index contributed by atoms with van der Waals surface area (Å²) in [6, 6.07) is 2.62. The van der Waals surface area contributed by atoms with E-state index in [-0.39, 0.29) is 11.4 Å². The van der Waals surface area contributed by atoms with E-state index in [2.05, 4.69) is 25.1 Å². The molecule has 0 aliphatic heterocycles. The van der Waals surface area contributed by atoms with Gasteiger partial charge in [-0.15, -0.1) is 5.10 Å². The third-order valence-corrected chi connectivity index (χ3v) is 1.90. The standard InChI is InChI=1S/C9H7FN4O2/c1-16-9(15)8-7(12-14-13-8)6-3-2-5(10)4-11-6/h2-4H,1H3,(H,12,13,14). The van der Waals surface area contributed by atoms with E-state index in [4.69, 9.17) is 0 Å². The summed E-state index contributed by atoms with van der Waals surface area (Å²) in [7, 11) is 1.24. The van der Waals surface area contributed by atoms with E-state index in [1.165, 1.54) is 19.2 Å². The van der Waals surface area contributed by atoms with Crippen molar-refractivity contribution in [1.29, 1.82) is 0 Å². The first-order valence-corrected chi connectivity index (χ1v) is 4.33. The van der Waals surface area contributed by atoms with Gasteiger partial charge >= 0.3 is 5.97 Å². The summed E-state index contributed by atoms with van der Waals surface area (Å²) in [6.07, 6.45) is 1.03. The Labute approximate surface area is 89.5 Å². The molecule has 0 atom stereocenters. The molecule has 0 saturated heterocycles. The van der Waals surface area contributed by atoms with Crippen molar-refractivity contribution >= 4 is 5.97 Å². The smallest absolute Gasteiger partial charge is 0.360 e. The van der Waals surface area contributed by atoms with Crippen molar-refractivity contribution in [1.82, 2.24) is 20.4 Å². The van der Waals surface area contributed by atoms with Crippen molar-refractivity contribution in [2.75, 3.05) is 7.11 Å². The molecule has 16 heavy (non-hydrogen) atoms. The van der Waals surface area contributed by atoms with Crippen LogP contribution >= 0.6 is 0 Å². The molecule has 0 bridgehead atoms. The van der Waals surface area contributed by atoms with Crippen LogP contribution < -0.4 is 0 Å². The number of nitrogens with one attached hydrogen (secondary N) is 1. The van der Waals surface area contributed by atoms with E-state index < -0.39 is 11.8 Å². The van der Waals surface area contributed by atoms with Gasteiger partial charge in [0.05, 0.1) is 19.0 Å². The van der Waals surface area contributed by atoms with E-state index in [0.717, 1.165) is 6.20 Å². The molecule has 7 heteroatoms. The maximum Gasteiger partial charge on any atom is 0.360 e. The van der Waals surface area contributed by atoms with Crippen LogP contribution in [-0.2, 0) is 4.74 Å². The number of carbonyl (C=O) groups excluding carboxylic acids is 1. The van der Waals surface area contributed by atoms with Gasteiger partial charge in [0.2, 0.25) is 0 Å². The lowest BCUT2D eigenvalue weighted by atomic mass is 10.2. The van der Waals surface area contributed by atoms with Gasteiger partial charge in [0.25, 0.3) is 0 Å². The van der Waals surface area contributed by atoms with Crippen LogP contribution in [0.3, 0.4) is 0 Å². The average Bonchev–Trinajstić information content (AvgIpc) is 2.78. The SMILES string of the molecule is COC(=O)c1n[nH]nc1-c1ccc(F)cn1. The number of pyridine rings is 1. The molecule has 0 aliphatic carbocycles. The molecular weight excluding hydrogens is 215 g/mol. The monoisotopic (exact) mass is 222 g/mol. The number of nitrogens with zero attached hydrogens (tertiary/aromatic N) is 3. The van der Waals surface area contributed by atoms with Crippen LogP contribution in [0.4, 0.5) is 4.39 Å². The predicted molar refractivity (Wildman–Crippen MR) is 50.9 cm³/mol. The Bertz CT molecular complexity index is 508. The molecular formula is C9H7FN4O2. The molecule has 0 aromatic carbocycles. The molecule has 2 heterocycles. The van der Waals surface area contributed by atoms with E-state index in [9.17, 15) is 9.18 Å². The number of halogens is 1. The minimum atomic E-state index is -0.630. The molecule has 2 aromatic rings. The fourth-order valence-corrected chi connectivity index (χ4v) is 1.16. The van der Waals surface area contributed by atoms with Crippen LogP contribution in [0.2, 0.25) is 0 Å². The molecule has 0 spiro atoms. The molecule has 0 fully saturated rings. The van der Waals surface area contributed by atoms with Crippen molar-refractivity contribution in [2.45, 2.75) is 0 Å². The van der Waals surface area contributed by atoms with E-state index in [1.807, 2.05) is 0 Å². The molecule has 0 aliphatic rings. The van der Waals surface area contributed by atoms with Gasteiger partial charge in [-0.05, 0) is 12.1 Å². The molecule has 0 saturated carbocycles. The topological polar surface area (TPSA) is 80.8 Å². The molecule has 0 amide bonds. The second kappa shape index (κ2) is 4.05. The van der Waals surface area contributed by atoms with Gasteiger partial charge in [0, 0.05) is 0 Å². The minimum Gasteiger partial charge on any atom is -0.464 e. The molecule has 6 nitrogen and oxygen atoms in total. The summed E-state index contributed by atoms with van der Waals surface area (Å²) in [5, 5.41) is 9.70. The fraction of sp³-hybridized carbons (Fsp3) is 0.111. The molecule has 2 aromatic heterocycles. The Morgan fingerprint density at radius 1 is 1.44 bits per heavy atom. The third kappa shape index (κ3) is 1.74. The first kappa shape index (κ1) is 10.2. The Balaban J connectivity index is 2.44. The summed E-state index contributed by atoms with van der Waals surface area (Å²) in [6.45, 7) is 0. The van der Waals surface area contributed by atoms with Crippen molar-refractivity contribution < 1.29 is 13.9 Å². The number of rotatable bonds is 2. The highest BCUT2D eigenvalue weighted by molar-refractivity contribution is 5.93. The average molecular weight is 222 g/mol. The van der Waals surface area contributed by atoms with Gasteiger partial charge in [-0.2, -0.15) is 10.3 Å². The van der Waals surface area contributed by atoms with Gasteiger partial charge in [0.15, 0.2) is 5.69 Å². The fourth-order valence-electron chi connectivity index (χ4n) is 1.16. The quantitative estimate of drug-likeness (QED) is 0.760. The highest BCUT2D eigenvalue weighted by Crippen LogP contribution is 2.17. The minimum absolute atomic E-state index is 0.0154. The third-order valence-electron chi connectivity index (χ3n) is 1.90.